The van der Waals surface area contributed by atoms with Gasteiger partial charge in [-0.05, 0) is 50.7 Å². The van der Waals surface area contributed by atoms with Crippen LogP contribution in [0.5, 0.6) is 0 Å². The molecule has 1 aliphatic carbocycles. The molecular formula is C18H29N3O2. The maximum atomic E-state index is 12.3. The molecule has 5 heteroatoms. The van der Waals surface area contributed by atoms with Gasteiger partial charge in [-0.1, -0.05) is 13.0 Å². The fourth-order valence-electron chi connectivity index (χ4n) is 3.02. The number of aryl methyl sites for hydroxylation is 1. The monoisotopic (exact) mass is 319 g/mol. The van der Waals surface area contributed by atoms with Crippen LogP contribution in [0.15, 0.2) is 24.4 Å². The largest absolute Gasteiger partial charge is 0.377 e. The molecule has 0 unspecified atom stereocenters. The van der Waals surface area contributed by atoms with E-state index in [4.69, 9.17) is 10.5 Å². The van der Waals surface area contributed by atoms with Gasteiger partial charge in [0.25, 0.3) is 0 Å². The average Bonchev–Trinajstić information content (AvgIpc) is 2.58. The van der Waals surface area contributed by atoms with Crippen molar-refractivity contribution < 1.29 is 9.53 Å². The number of carbonyl (C=O) groups is 1. The Morgan fingerprint density at radius 3 is 3.04 bits per heavy atom. The molecule has 0 spiro atoms. The van der Waals surface area contributed by atoms with Crippen LogP contribution in [0, 0.1) is 5.92 Å². The van der Waals surface area contributed by atoms with E-state index in [9.17, 15) is 4.79 Å². The van der Waals surface area contributed by atoms with Crippen molar-refractivity contribution in [3.05, 3.63) is 30.1 Å². The first-order chi connectivity index (χ1) is 11.2. The zero-order valence-corrected chi connectivity index (χ0v) is 14.0. The van der Waals surface area contributed by atoms with Gasteiger partial charge in [-0.25, -0.2) is 0 Å². The lowest BCUT2D eigenvalue weighted by Gasteiger charge is -2.33. The summed E-state index contributed by atoms with van der Waals surface area (Å²) >= 11 is 0. The number of nitrogens with two attached hydrogens (primary N) is 1. The summed E-state index contributed by atoms with van der Waals surface area (Å²) in [6.45, 7) is 3.50. The molecule has 128 valence electrons. The van der Waals surface area contributed by atoms with Gasteiger partial charge in [-0.2, -0.15) is 0 Å². The van der Waals surface area contributed by atoms with E-state index in [1.54, 1.807) is 6.20 Å². The van der Waals surface area contributed by atoms with Crippen molar-refractivity contribution in [1.29, 1.82) is 0 Å². The number of pyridine rings is 1. The van der Waals surface area contributed by atoms with E-state index in [-0.39, 0.29) is 24.0 Å². The molecular weight excluding hydrogens is 290 g/mol. The number of amides is 1. The van der Waals surface area contributed by atoms with Crippen LogP contribution in [0.2, 0.25) is 0 Å². The van der Waals surface area contributed by atoms with Crippen molar-refractivity contribution in [2.45, 2.75) is 57.6 Å². The van der Waals surface area contributed by atoms with Crippen molar-refractivity contribution in [3.63, 3.8) is 0 Å². The molecule has 1 aromatic heterocycles. The van der Waals surface area contributed by atoms with Crippen molar-refractivity contribution in [3.8, 4) is 0 Å². The zero-order valence-electron chi connectivity index (χ0n) is 14.0. The second-order valence-electron chi connectivity index (χ2n) is 6.30. The quantitative estimate of drug-likeness (QED) is 0.719. The van der Waals surface area contributed by atoms with Gasteiger partial charge in [-0.3, -0.25) is 9.78 Å². The highest BCUT2D eigenvalue weighted by Crippen LogP contribution is 2.26. The molecule has 1 saturated carbocycles. The zero-order chi connectivity index (χ0) is 16.5. The van der Waals surface area contributed by atoms with Crippen molar-refractivity contribution in [1.82, 2.24) is 10.3 Å². The molecule has 0 aliphatic heterocycles. The number of aromatic nitrogens is 1. The van der Waals surface area contributed by atoms with Crippen molar-refractivity contribution in [2.75, 3.05) is 13.2 Å². The Kier molecular flexibility index (Phi) is 7.49. The summed E-state index contributed by atoms with van der Waals surface area (Å²) in [5.41, 5.74) is 7.17. The molecule has 0 saturated heterocycles. The fraction of sp³-hybridized carbons (Fsp3) is 0.667. The number of rotatable bonds is 8. The van der Waals surface area contributed by atoms with Crippen LogP contribution in [0.3, 0.4) is 0 Å². The summed E-state index contributed by atoms with van der Waals surface area (Å²) in [6.07, 6.45) is 7.06. The minimum absolute atomic E-state index is 0.0213. The molecule has 1 amide bonds. The van der Waals surface area contributed by atoms with Crippen molar-refractivity contribution in [2.24, 2.45) is 11.7 Å². The number of hydrogen-bond donors (Lipinski definition) is 2. The SMILES string of the molecule is CCCO[C@H]1C[C@@H](C(=O)NCCCc2ccccn2)CC[C@@H]1N. The van der Waals surface area contributed by atoms with Crippen LogP contribution in [0.1, 0.15) is 44.7 Å². The third-order valence-corrected chi connectivity index (χ3v) is 4.38. The highest BCUT2D eigenvalue weighted by molar-refractivity contribution is 5.78. The summed E-state index contributed by atoms with van der Waals surface area (Å²) in [7, 11) is 0. The Morgan fingerprint density at radius 2 is 2.30 bits per heavy atom. The molecule has 0 bridgehead atoms. The summed E-state index contributed by atoms with van der Waals surface area (Å²) in [5.74, 6) is 0.175. The van der Waals surface area contributed by atoms with Crippen LogP contribution < -0.4 is 11.1 Å². The summed E-state index contributed by atoms with van der Waals surface area (Å²) in [4.78, 5) is 16.6. The molecule has 0 aromatic carbocycles. The van der Waals surface area contributed by atoms with Gasteiger partial charge in [0.1, 0.15) is 0 Å². The first-order valence-electron chi connectivity index (χ1n) is 8.75. The Balaban J connectivity index is 1.68. The van der Waals surface area contributed by atoms with Gasteiger partial charge in [0.2, 0.25) is 5.91 Å². The van der Waals surface area contributed by atoms with Crippen LogP contribution in [-0.4, -0.2) is 36.2 Å². The third-order valence-electron chi connectivity index (χ3n) is 4.38. The van der Waals surface area contributed by atoms with Gasteiger partial charge in [0.15, 0.2) is 0 Å². The van der Waals surface area contributed by atoms with Crippen molar-refractivity contribution >= 4 is 5.91 Å². The van der Waals surface area contributed by atoms with Gasteiger partial charge in [0, 0.05) is 37.0 Å². The Labute approximate surface area is 139 Å². The Morgan fingerprint density at radius 1 is 1.43 bits per heavy atom. The number of hydrogen-bond acceptors (Lipinski definition) is 4. The van der Waals surface area contributed by atoms with Crippen LogP contribution >= 0.6 is 0 Å². The minimum atomic E-state index is 0.0213. The van der Waals surface area contributed by atoms with Gasteiger partial charge in [-0.15, -0.1) is 0 Å². The number of ether oxygens (including phenoxy) is 1. The molecule has 1 fully saturated rings. The van der Waals surface area contributed by atoms with Crippen LogP contribution in [0.4, 0.5) is 0 Å². The maximum Gasteiger partial charge on any atom is 0.223 e. The molecule has 3 atom stereocenters. The van der Waals surface area contributed by atoms with Gasteiger partial charge in [0.05, 0.1) is 6.10 Å². The predicted molar refractivity (Wildman–Crippen MR) is 90.9 cm³/mol. The third kappa shape index (κ3) is 5.92. The summed E-state index contributed by atoms with van der Waals surface area (Å²) in [6, 6.07) is 5.98. The van der Waals surface area contributed by atoms with E-state index in [0.717, 1.165) is 50.8 Å². The Hall–Kier alpha value is -1.46. The molecule has 0 radical (unpaired) electrons. The maximum absolute atomic E-state index is 12.3. The summed E-state index contributed by atoms with van der Waals surface area (Å²) in [5, 5.41) is 3.05. The Bertz CT molecular complexity index is 467. The fourth-order valence-corrected chi connectivity index (χ4v) is 3.02. The number of carbonyl (C=O) groups excluding carboxylic acids is 1. The normalized spacial score (nSPS) is 24.3. The van der Waals surface area contributed by atoms with Gasteiger partial charge >= 0.3 is 0 Å². The van der Waals surface area contributed by atoms with Gasteiger partial charge < -0.3 is 15.8 Å². The lowest BCUT2D eigenvalue weighted by molar-refractivity contribution is -0.128. The average molecular weight is 319 g/mol. The number of nitrogens with zero attached hydrogens (tertiary/aromatic N) is 1. The molecule has 2 rings (SSSR count). The van der Waals surface area contributed by atoms with E-state index in [1.807, 2.05) is 18.2 Å². The van der Waals surface area contributed by atoms with Crippen LogP contribution in [0.25, 0.3) is 0 Å². The molecule has 1 heterocycles. The molecule has 23 heavy (non-hydrogen) atoms. The first-order valence-corrected chi connectivity index (χ1v) is 8.75. The van der Waals surface area contributed by atoms with E-state index in [0.29, 0.717) is 6.54 Å². The second-order valence-corrected chi connectivity index (χ2v) is 6.30. The van der Waals surface area contributed by atoms with E-state index in [1.165, 1.54) is 0 Å². The highest BCUT2D eigenvalue weighted by Gasteiger charge is 2.32. The number of nitrogens with one attached hydrogen (secondary N) is 1. The van der Waals surface area contributed by atoms with E-state index < -0.39 is 0 Å². The van der Waals surface area contributed by atoms with Crippen LogP contribution in [-0.2, 0) is 16.0 Å². The standard InChI is InChI=1S/C18H29N3O2/c1-2-12-23-17-13-14(8-9-16(17)19)18(22)21-11-5-7-15-6-3-4-10-20-15/h3-4,6,10,14,16-17H,2,5,7-9,11-13,19H2,1H3,(H,21,22)/t14-,16-,17-/m0/s1. The summed E-state index contributed by atoms with van der Waals surface area (Å²) < 4.78 is 5.79. The first kappa shape index (κ1) is 17.9. The molecule has 1 aliphatic rings. The lowest BCUT2D eigenvalue weighted by atomic mass is 9.83. The van der Waals surface area contributed by atoms with E-state index in [2.05, 4.69) is 17.2 Å². The minimum Gasteiger partial charge on any atom is -0.377 e. The smallest absolute Gasteiger partial charge is 0.223 e. The molecule has 5 nitrogen and oxygen atoms in total. The molecule has 1 aromatic rings. The molecule has 3 N–H and O–H groups in total. The topological polar surface area (TPSA) is 77.2 Å². The van der Waals surface area contributed by atoms with E-state index >= 15 is 0 Å². The second kappa shape index (κ2) is 9.63. The lowest BCUT2D eigenvalue weighted by Crippen LogP contribution is -2.46. The predicted octanol–water partition coefficient (Wildman–Crippen LogP) is 2.05. The highest BCUT2D eigenvalue weighted by atomic mass is 16.5.